The van der Waals surface area contributed by atoms with Crippen LogP contribution in [0.15, 0.2) is 39.8 Å². The highest BCUT2D eigenvalue weighted by Crippen LogP contribution is 2.26. The number of thioether (sulfide) groups is 1. The van der Waals surface area contributed by atoms with Crippen LogP contribution < -0.4 is 5.32 Å². The standard InChI is InChI=1S/C18H23N3O3S/c1-14-12-15(24-20-14)13-25-17-5-3-2-4-16(17)18(22)19-6-7-21-8-10-23-11-9-21/h2-5,12H,6-11,13H2,1H3,(H,19,22). The molecule has 1 aliphatic heterocycles. The van der Waals surface area contributed by atoms with Crippen LogP contribution in [-0.2, 0) is 10.5 Å². The Bertz CT molecular complexity index is 698. The van der Waals surface area contributed by atoms with E-state index in [0.717, 1.165) is 49.2 Å². The van der Waals surface area contributed by atoms with Crippen LogP contribution in [-0.4, -0.2) is 55.4 Å². The first-order valence-electron chi connectivity index (χ1n) is 8.45. The number of aromatic nitrogens is 1. The first-order valence-corrected chi connectivity index (χ1v) is 9.43. The second-order valence-corrected chi connectivity index (χ2v) is 6.95. The van der Waals surface area contributed by atoms with Crippen LogP contribution in [0.5, 0.6) is 0 Å². The normalized spacial score (nSPS) is 15.2. The van der Waals surface area contributed by atoms with Gasteiger partial charge in [0.05, 0.1) is 30.2 Å². The van der Waals surface area contributed by atoms with Crippen molar-refractivity contribution in [1.82, 2.24) is 15.4 Å². The summed E-state index contributed by atoms with van der Waals surface area (Å²) in [6.07, 6.45) is 0. The molecule has 0 atom stereocenters. The van der Waals surface area contributed by atoms with Crippen LogP contribution in [0.1, 0.15) is 21.8 Å². The van der Waals surface area contributed by atoms with Crippen LogP contribution in [0.3, 0.4) is 0 Å². The van der Waals surface area contributed by atoms with Gasteiger partial charge < -0.3 is 14.6 Å². The molecule has 2 heterocycles. The first kappa shape index (κ1) is 18.0. The molecule has 1 amide bonds. The van der Waals surface area contributed by atoms with Gasteiger partial charge in [-0.05, 0) is 19.1 Å². The van der Waals surface area contributed by atoms with Crippen LogP contribution in [0, 0.1) is 6.92 Å². The number of benzene rings is 1. The Balaban J connectivity index is 1.52. The third-order valence-electron chi connectivity index (χ3n) is 4.00. The van der Waals surface area contributed by atoms with Crippen LogP contribution in [0.4, 0.5) is 0 Å². The Morgan fingerprint density at radius 2 is 2.12 bits per heavy atom. The highest BCUT2D eigenvalue weighted by atomic mass is 32.2. The molecule has 1 aromatic heterocycles. The molecule has 6 nitrogen and oxygen atoms in total. The fourth-order valence-electron chi connectivity index (χ4n) is 2.66. The van der Waals surface area contributed by atoms with E-state index in [4.69, 9.17) is 9.26 Å². The summed E-state index contributed by atoms with van der Waals surface area (Å²) >= 11 is 1.58. The number of nitrogens with zero attached hydrogens (tertiary/aromatic N) is 2. The Kier molecular flexibility index (Phi) is 6.49. The minimum atomic E-state index is -0.0369. The molecule has 0 saturated carbocycles. The van der Waals surface area contributed by atoms with Gasteiger partial charge in [-0.25, -0.2) is 0 Å². The van der Waals surface area contributed by atoms with Gasteiger partial charge in [-0.15, -0.1) is 11.8 Å². The van der Waals surface area contributed by atoms with Crippen molar-refractivity contribution in [2.24, 2.45) is 0 Å². The average Bonchev–Trinajstić information content (AvgIpc) is 3.06. The molecule has 1 aromatic carbocycles. The maximum atomic E-state index is 12.5. The zero-order valence-electron chi connectivity index (χ0n) is 14.4. The quantitative estimate of drug-likeness (QED) is 0.764. The summed E-state index contributed by atoms with van der Waals surface area (Å²) in [5.74, 6) is 1.42. The lowest BCUT2D eigenvalue weighted by atomic mass is 10.2. The third kappa shape index (κ3) is 5.32. The Hall–Kier alpha value is -1.83. The lowest BCUT2D eigenvalue weighted by molar-refractivity contribution is 0.0383. The highest BCUT2D eigenvalue weighted by Gasteiger charge is 2.14. The molecule has 2 aromatic rings. The van der Waals surface area contributed by atoms with Crippen molar-refractivity contribution in [2.75, 3.05) is 39.4 Å². The number of carbonyl (C=O) groups excluding carboxylic acids is 1. The fourth-order valence-corrected chi connectivity index (χ4v) is 3.59. The maximum absolute atomic E-state index is 12.5. The topological polar surface area (TPSA) is 67.6 Å². The lowest BCUT2D eigenvalue weighted by Crippen LogP contribution is -2.41. The number of hydrogen-bond donors (Lipinski definition) is 1. The first-order chi connectivity index (χ1) is 12.2. The molecule has 134 valence electrons. The highest BCUT2D eigenvalue weighted by molar-refractivity contribution is 7.98. The smallest absolute Gasteiger partial charge is 0.252 e. The lowest BCUT2D eigenvalue weighted by Gasteiger charge is -2.26. The van der Waals surface area contributed by atoms with Crippen molar-refractivity contribution < 1.29 is 14.1 Å². The summed E-state index contributed by atoms with van der Waals surface area (Å²) in [5.41, 5.74) is 1.57. The van der Waals surface area contributed by atoms with E-state index in [-0.39, 0.29) is 5.91 Å². The van der Waals surface area contributed by atoms with E-state index < -0.39 is 0 Å². The van der Waals surface area contributed by atoms with Gasteiger partial charge in [0.1, 0.15) is 5.76 Å². The SMILES string of the molecule is Cc1cc(CSc2ccccc2C(=O)NCCN2CCOCC2)on1. The van der Waals surface area contributed by atoms with Gasteiger partial charge in [-0.2, -0.15) is 0 Å². The number of nitrogens with one attached hydrogen (secondary N) is 1. The monoisotopic (exact) mass is 361 g/mol. The minimum Gasteiger partial charge on any atom is -0.379 e. The maximum Gasteiger partial charge on any atom is 0.252 e. The zero-order valence-corrected chi connectivity index (χ0v) is 15.2. The molecule has 1 N–H and O–H groups in total. The summed E-state index contributed by atoms with van der Waals surface area (Å²) in [6, 6.07) is 9.57. The number of carbonyl (C=O) groups is 1. The predicted octanol–water partition coefficient (Wildman–Crippen LogP) is 2.34. The Labute approximate surface area is 151 Å². The minimum absolute atomic E-state index is 0.0369. The summed E-state index contributed by atoms with van der Waals surface area (Å²) in [5, 5.41) is 6.91. The molecular formula is C18H23N3O3S. The molecule has 0 spiro atoms. The Morgan fingerprint density at radius 1 is 1.32 bits per heavy atom. The van der Waals surface area contributed by atoms with Gasteiger partial charge in [-0.3, -0.25) is 9.69 Å². The van der Waals surface area contributed by atoms with Crippen molar-refractivity contribution >= 4 is 17.7 Å². The molecule has 0 aliphatic carbocycles. The fraction of sp³-hybridized carbons (Fsp3) is 0.444. The van der Waals surface area contributed by atoms with E-state index in [9.17, 15) is 4.79 Å². The number of morpholine rings is 1. The number of amides is 1. The molecule has 3 rings (SSSR count). The molecule has 1 aliphatic rings. The molecule has 1 saturated heterocycles. The number of hydrogen-bond acceptors (Lipinski definition) is 6. The van der Waals surface area contributed by atoms with E-state index in [1.54, 1.807) is 11.8 Å². The summed E-state index contributed by atoms with van der Waals surface area (Å²) in [7, 11) is 0. The number of rotatable bonds is 7. The summed E-state index contributed by atoms with van der Waals surface area (Å²) in [4.78, 5) is 15.8. The number of aryl methyl sites for hydroxylation is 1. The summed E-state index contributed by atoms with van der Waals surface area (Å²) in [6.45, 7) is 6.79. The van der Waals surface area contributed by atoms with Gasteiger partial charge in [0.15, 0.2) is 0 Å². The molecular weight excluding hydrogens is 338 g/mol. The molecule has 0 unspecified atom stereocenters. The molecule has 25 heavy (non-hydrogen) atoms. The molecule has 0 radical (unpaired) electrons. The zero-order chi connectivity index (χ0) is 17.5. The molecule has 0 bridgehead atoms. The number of ether oxygens (including phenoxy) is 1. The van der Waals surface area contributed by atoms with E-state index in [1.165, 1.54) is 0 Å². The van der Waals surface area contributed by atoms with Gasteiger partial charge in [-0.1, -0.05) is 17.3 Å². The van der Waals surface area contributed by atoms with Crippen molar-refractivity contribution in [3.05, 3.63) is 47.3 Å². The van der Waals surface area contributed by atoms with Crippen LogP contribution in [0.2, 0.25) is 0 Å². The molecule has 7 heteroatoms. The van der Waals surface area contributed by atoms with Gasteiger partial charge >= 0.3 is 0 Å². The van der Waals surface area contributed by atoms with Crippen LogP contribution in [0.25, 0.3) is 0 Å². The van der Waals surface area contributed by atoms with E-state index in [2.05, 4.69) is 15.4 Å². The average molecular weight is 361 g/mol. The van der Waals surface area contributed by atoms with Crippen molar-refractivity contribution in [2.45, 2.75) is 17.6 Å². The Morgan fingerprint density at radius 3 is 2.88 bits per heavy atom. The van der Waals surface area contributed by atoms with Crippen molar-refractivity contribution in [1.29, 1.82) is 0 Å². The van der Waals surface area contributed by atoms with Crippen molar-refractivity contribution in [3.8, 4) is 0 Å². The van der Waals surface area contributed by atoms with Crippen LogP contribution >= 0.6 is 11.8 Å². The van der Waals surface area contributed by atoms with Crippen molar-refractivity contribution in [3.63, 3.8) is 0 Å². The van der Waals surface area contributed by atoms with E-state index in [0.29, 0.717) is 17.9 Å². The second-order valence-electron chi connectivity index (χ2n) is 5.93. The molecule has 1 fully saturated rings. The predicted molar refractivity (Wildman–Crippen MR) is 96.8 cm³/mol. The van der Waals surface area contributed by atoms with Gasteiger partial charge in [0.2, 0.25) is 0 Å². The van der Waals surface area contributed by atoms with Gasteiger partial charge in [0.25, 0.3) is 5.91 Å². The van der Waals surface area contributed by atoms with E-state index in [1.807, 2.05) is 37.3 Å². The largest absolute Gasteiger partial charge is 0.379 e. The summed E-state index contributed by atoms with van der Waals surface area (Å²) < 4.78 is 10.6. The third-order valence-corrected chi connectivity index (χ3v) is 5.09. The van der Waals surface area contributed by atoms with E-state index >= 15 is 0 Å². The second kappa shape index (κ2) is 9.03. The van der Waals surface area contributed by atoms with Gasteiger partial charge in [0, 0.05) is 37.1 Å².